The molecule has 0 N–H and O–H groups in total. The van der Waals surface area contributed by atoms with Crippen molar-refractivity contribution in [1.29, 1.82) is 0 Å². The van der Waals surface area contributed by atoms with E-state index in [1.807, 2.05) is 0 Å². The molecule has 1 unspecified atom stereocenters. The zero-order chi connectivity index (χ0) is 57.1. The first-order valence-electron chi connectivity index (χ1n) is 34.8. The van der Waals surface area contributed by atoms with Gasteiger partial charge >= 0.3 is 17.9 Å². The smallest absolute Gasteiger partial charge is 0.306 e. The molecule has 0 radical (unpaired) electrons. The molecule has 0 aliphatic carbocycles. The van der Waals surface area contributed by atoms with Crippen molar-refractivity contribution in [2.24, 2.45) is 0 Å². The highest BCUT2D eigenvalue weighted by Gasteiger charge is 2.19. The van der Waals surface area contributed by atoms with Gasteiger partial charge in [-0.2, -0.15) is 0 Å². The third-order valence-corrected chi connectivity index (χ3v) is 15.5. The average Bonchev–Trinajstić information content (AvgIpc) is 3.45. The Morgan fingerprint density at radius 3 is 0.772 bits per heavy atom. The number of carbonyl (C=O) groups is 3. The zero-order valence-corrected chi connectivity index (χ0v) is 52.9. The molecular formula is C73H132O6. The molecule has 460 valence electrons. The largest absolute Gasteiger partial charge is 0.462 e. The fourth-order valence-corrected chi connectivity index (χ4v) is 10.3. The van der Waals surface area contributed by atoms with E-state index in [4.69, 9.17) is 14.2 Å². The Bertz CT molecular complexity index is 1410. The Morgan fingerprint density at radius 2 is 0.494 bits per heavy atom. The second-order valence-corrected chi connectivity index (χ2v) is 23.4. The van der Waals surface area contributed by atoms with Crippen molar-refractivity contribution >= 4 is 17.9 Å². The Labute approximate surface area is 491 Å². The van der Waals surface area contributed by atoms with Crippen LogP contribution < -0.4 is 0 Å². The van der Waals surface area contributed by atoms with Gasteiger partial charge in [0.1, 0.15) is 13.2 Å². The van der Waals surface area contributed by atoms with Gasteiger partial charge in [0.25, 0.3) is 0 Å². The van der Waals surface area contributed by atoms with Gasteiger partial charge in [-0.05, 0) is 83.5 Å². The van der Waals surface area contributed by atoms with Crippen LogP contribution in [0.25, 0.3) is 0 Å². The maximum atomic E-state index is 12.9. The molecule has 0 aromatic rings. The van der Waals surface area contributed by atoms with Gasteiger partial charge in [0.15, 0.2) is 6.10 Å². The van der Waals surface area contributed by atoms with Gasteiger partial charge < -0.3 is 14.2 Å². The predicted octanol–water partition coefficient (Wildman–Crippen LogP) is 23.9. The van der Waals surface area contributed by atoms with Crippen molar-refractivity contribution < 1.29 is 28.6 Å². The molecule has 0 heterocycles. The van der Waals surface area contributed by atoms with E-state index >= 15 is 0 Å². The van der Waals surface area contributed by atoms with Crippen LogP contribution >= 0.6 is 0 Å². The fourth-order valence-electron chi connectivity index (χ4n) is 10.3. The molecule has 0 bridgehead atoms. The normalized spacial score (nSPS) is 12.4. The van der Waals surface area contributed by atoms with Gasteiger partial charge in [-0.3, -0.25) is 14.4 Å². The first-order chi connectivity index (χ1) is 39.0. The Balaban J connectivity index is 4.03. The first kappa shape index (κ1) is 76.1. The van der Waals surface area contributed by atoms with E-state index < -0.39 is 6.10 Å². The van der Waals surface area contributed by atoms with Gasteiger partial charge in [0, 0.05) is 19.3 Å². The summed E-state index contributed by atoms with van der Waals surface area (Å²) in [6.45, 7) is 6.54. The molecule has 0 rings (SSSR count). The molecule has 79 heavy (non-hydrogen) atoms. The number of rotatable bonds is 64. The van der Waals surface area contributed by atoms with E-state index in [1.54, 1.807) is 0 Å². The summed E-state index contributed by atoms with van der Waals surface area (Å²) < 4.78 is 16.9. The minimum atomic E-state index is -0.780. The highest BCUT2D eigenvalue weighted by atomic mass is 16.6. The predicted molar refractivity (Wildman–Crippen MR) is 344 cm³/mol. The number of hydrogen-bond donors (Lipinski definition) is 0. The van der Waals surface area contributed by atoms with Crippen LogP contribution in [0.15, 0.2) is 60.8 Å². The summed E-state index contributed by atoms with van der Waals surface area (Å²) in [6, 6.07) is 0. The maximum Gasteiger partial charge on any atom is 0.306 e. The van der Waals surface area contributed by atoms with Gasteiger partial charge in [-0.15, -0.1) is 0 Å². The van der Waals surface area contributed by atoms with E-state index in [9.17, 15) is 14.4 Å². The van der Waals surface area contributed by atoms with Crippen molar-refractivity contribution in [2.45, 2.75) is 374 Å². The summed E-state index contributed by atoms with van der Waals surface area (Å²) in [5, 5.41) is 0. The monoisotopic (exact) mass is 1110 g/mol. The van der Waals surface area contributed by atoms with Crippen LogP contribution in [0.3, 0.4) is 0 Å². The minimum Gasteiger partial charge on any atom is -0.462 e. The van der Waals surface area contributed by atoms with Crippen LogP contribution in [0.1, 0.15) is 367 Å². The molecule has 0 aliphatic rings. The lowest BCUT2D eigenvalue weighted by molar-refractivity contribution is -0.167. The lowest BCUT2D eigenvalue weighted by atomic mass is 10.0. The lowest BCUT2D eigenvalue weighted by Crippen LogP contribution is -2.30. The van der Waals surface area contributed by atoms with E-state index in [2.05, 4.69) is 81.5 Å². The number of esters is 3. The number of allylic oxidation sites excluding steroid dienone is 10. The fraction of sp³-hybridized carbons (Fsp3) is 0.822. The van der Waals surface area contributed by atoms with Gasteiger partial charge in [-0.25, -0.2) is 0 Å². The maximum absolute atomic E-state index is 12.9. The van der Waals surface area contributed by atoms with Crippen molar-refractivity contribution in [2.75, 3.05) is 13.2 Å². The van der Waals surface area contributed by atoms with Gasteiger partial charge in [0.2, 0.25) is 0 Å². The summed E-state index contributed by atoms with van der Waals surface area (Å²) in [6.07, 6.45) is 87.0. The number of unbranched alkanes of at least 4 members (excludes halogenated alkanes) is 43. The molecule has 6 nitrogen and oxygen atoms in total. The Hall–Kier alpha value is -2.89. The SMILES string of the molecule is CC/C=C\C/C=C\C/C=C\CCCCCCCC(=O)OC(COC(=O)CCCCCCCCCCCCC)COC(=O)CCCCCCCCCCCCCCCCCCCCCCCCC/C=C\C/C=C\CCCCCCC. The minimum absolute atomic E-state index is 0.0763. The molecular weight excluding hydrogens is 973 g/mol. The summed E-state index contributed by atoms with van der Waals surface area (Å²) >= 11 is 0. The third kappa shape index (κ3) is 65.8. The van der Waals surface area contributed by atoms with E-state index in [0.717, 1.165) is 103 Å². The summed E-state index contributed by atoms with van der Waals surface area (Å²) in [4.78, 5) is 38.2. The van der Waals surface area contributed by atoms with E-state index in [0.29, 0.717) is 19.3 Å². The van der Waals surface area contributed by atoms with Crippen LogP contribution in [-0.4, -0.2) is 37.2 Å². The third-order valence-electron chi connectivity index (χ3n) is 15.5. The Kier molecular flexibility index (Phi) is 65.1. The molecule has 1 atom stereocenters. The molecule has 0 aromatic heterocycles. The van der Waals surface area contributed by atoms with Crippen molar-refractivity contribution in [3.63, 3.8) is 0 Å². The summed E-state index contributed by atoms with van der Waals surface area (Å²) in [5.41, 5.74) is 0. The Morgan fingerprint density at radius 1 is 0.266 bits per heavy atom. The zero-order valence-electron chi connectivity index (χ0n) is 52.9. The quantitative estimate of drug-likeness (QED) is 0.0261. The van der Waals surface area contributed by atoms with Crippen LogP contribution in [0.2, 0.25) is 0 Å². The molecule has 0 amide bonds. The van der Waals surface area contributed by atoms with Gasteiger partial charge in [-0.1, -0.05) is 326 Å². The molecule has 0 spiro atoms. The summed E-state index contributed by atoms with van der Waals surface area (Å²) in [5.74, 6) is -0.874. The molecule has 0 fully saturated rings. The molecule has 0 aromatic carbocycles. The number of carbonyl (C=O) groups excluding carboxylic acids is 3. The van der Waals surface area contributed by atoms with Crippen LogP contribution in [-0.2, 0) is 28.6 Å². The van der Waals surface area contributed by atoms with E-state index in [1.165, 1.54) is 225 Å². The molecule has 0 saturated heterocycles. The van der Waals surface area contributed by atoms with Crippen LogP contribution in [0.4, 0.5) is 0 Å². The number of hydrogen-bond acceptors (Lipinski definition) is 6. The molecule has 0 aliphatic heterocycles. The van der Waals surface area contributed by atoms with Gasteiger partial charge in [0.05, 0.1) is 0 Å². The average molecular weight is 1110 g/mol. The van der Waals surface area contributed by atoms with Crippen molar-refractivity contribution in [3.05, 3.63) is 60.8 Å². The number of ether oxygens (including phenoxy) is 3. The molecule has 6 heteroatoms. The molecule has 0 saturated carbocycles. The van der Waals surface area contributed by atoms with Crippen LogP contribution in [0.5, 0.6) is 0 Å². The summed E-state index contributed by atoms with van der Waals surface area (Å²) in [7, 11) is 0. The van der Waals surface area contributed by atoms with Crippen LogP contribution in [0, 0.1) is 0 Å². The standard InChI is InChI=1S/C73H132O6/c1-4-7-10-13-16-19-22-24-26-27-28-29-30-31-32-33-34-35-36-37-38-39-40-41-42-43-44-45-47-48-51-54-57-60-63-66-72(75)78-69-70(68-77-71(74)65-62-59-56-53-50-21-18-15-12-9-6-3)79-73(76)67-64-61-58-55-52-49-46-25-23-20-17-14-11-8-5-2/h8,11,17,20,22,24-25,27-28,46,70H,4-7,9-10,12-16,18-19,21,23,26,29-45,47-69H2,1-3H3/b11-8-,20-17-,24-22-,28-27-,46-25-. The first-order valence-corrected chi connectivity index (χ1v) is 34.8. The topological polar surface area (TPSA) is 78.9 Å². The second kappa shape index (κ2) is 67.6. The lowest BCUT2D eigenvalue weighted by Gasteiger charge is -2.18. The van der Waals surface area contributed by atoms with Crippen molar-refractivity contribution in [1.82, 2.24) is 0 Å². The van der Waals surface area contributed by atoms with E-state index in [-0.39, 0.29) is 31.1 Å². The highest BCUT2D eigenvalue weighted by Crippen LogP contribution is 2.18. The van der Waals surface area contributed by atoms with Crippen molar-refractivity contribution in [3.8, 4) is 0 Å². The second-order valence-electron chi connectivity index (χ2n) is 23.4. The highest BCUT2D eigenvalue weighted by molar-refractivity contribution is 5.71.